The molecule has 0 N–H and O–H groups in total. The molecule has 6 heteroatoms. The quantitative estimate of drug-likeness (QED) is 0.600. The Kier molecular flexibility index (Phi) is 4.99. The van der Waals surface area contributed by atoms with Gasteiger partial charge in [-0.15, -0.1) is 0 Å². The lowest BCUT2D eigenvalue weighted by Crippen LogP contribution is -2.31. The summed E-state index contributed by atoms with van der Waals surface area (Å²) in [5.74, 6) is -0.117. The van der Waals surface area contributed by atoms with Crippen LogP contribution in [0.5, 0.6) is 0 Å². The standard InChI is InChI=1S/C23H19FN2O3/c1-15-3-13-20(14-4-15)26-21(16-5-7-18(8-6-16)23(27)28-2)25-29-22(26)17-9-11-19(24)12-10-17/h3-14,22H,1-2H3. The lowest BCUT2D eigenvalue weighted by molar-refractivity contribution is 0.0600. The lowest BCUT2D eigenvalue weighted by atomic mass is 10.1. The molecule has 3 aromatic rings. The molecule has 1 aliphatic rings. The van der Waals surface area contributed by atoms with Crippen molar-refractivity contribution in [1.29, 1.82) is 0 Å². The first-order valence-corrected chi connectivity index (χ1v) is 9.11. The number of anilines is 1. The van der Waals surface area contributed by atoms with E-state index >= 15 is 0 Å². The van der Waals surface area contributed by atoms with Gasteiger partial charge in [0.05, 0.1) is 12.7 Å². The Labute approximate surface area is 168 Å². The van der Waals surface area contributed by atoms with Crippen LogP contribution in [0.3, 0.4) is 0 Å². The molecule has 1 heterocycles. The molecule has 1 atom stereocenters. The number of aryl methyl sites for hydroxylation is 1. The zero-order valence-electron chi connectivity index (χ0n) is 16.0. The fraction of sp³-hybridized carbons (Fsp3) is 0.130. The number of amidine groups is 1. The van der Waals surface area contributed by atoms with Gasteiger partial charge >= 0.3 is 5.97 Å². The first-order valence-electron chi connectivity index (χ1n) is 9.11. The van der Waals surface area contributed by atoms with Crippen molar-refractivity contribution < 1.29 is 18.8 Å². The number of hydrogen-bond donors (Lipinski definition) is 0. The molecule has 0 spiro atoms. The maximum absolute atomic E-state index is 13.4. The minimum Gasteiger partial charge on any atom is -0.465 e. The van der Waals surface area contributed by atoms with Crippen LogP contribution in [0.4, 0.5) is 10.1 Å². The normalized spacial score (nSPS) is 15.6. The molecule has 0 aromatic heterocycles. The summed E-state index contributed by atoms with van der Waals surface area (Å²) >= 11 is 0. The van der Waals surface area contributed by atoms with Gasteiger partial charge in [0.1, 0.15) is 5.82 Å². The van der Waals surface area contributed by atoms with Crippen molar-refractivity contribution in [3.05, 3.63) is 101 Å². The van der Waals surface area contributed by atoms with Gasteiger partial charge in [-0.2, -0.15) is 0 Å². The number of ether oxygens (including phenoxy) is 1. The molecule has 0 amide bonds. The van der Waals surface area contributed by atoms with Crippen molar-refractivity contribution in [2.45, 2.75) is 13.2 Å². The van der Waals surface area contributed by atoms with Crippen molar-refractivity contribution in [3.63, 3.8) is 0 Å². The summed E-state index contributed by atoms with van der Waals surface area (Å²) < 4.78 is 18.1. The number of carbonyl (C=O) groups is 1. The highest BCUT2D eigenvalue weighted by molar-refractivity contribution is 6.11. The second-order valence-electron chi connectivity index (χ2n) is 6.70. The summed E-state index contributed by atoms with van der Waals surface area (Å²) in [4.78, 5) is 19.4. The van der Waals surface area contributed by atoms with E-state index in [1.165, 1.54) is 19.2 Å². The van der Waals surface area contributed by atoms with Crippen LogP contribution in [-0.2, 0) is 9.57 Å². The second-order valence-corrected chi connectivity index (χ2v) is 6.70. The summed E-state index contributed by atoms with van der Waals surface area (Å²) in [6, 6.07) is 21.1. The molecule has 29 heavy (non-hydrogen) atoms. The first-order chi connectivity index (χ1) is 14.1. The van der Waals surface area contributed by atoms with Crippen LogP contribution in [0.2, 0.25) is 0 Å². The van der Waals surface area contributed by atoms with Gasteiger partial charge in [-0.3, -0.25) is 4.90 Å². The molecular formula is C23H19FN2O3. The highest BCUT2D eigenvalue weighted by atomic mass is 19.1. The number of hydrogen-bond acceptors (Lipinski definition) is 5. The minimum absolute atomic E-state index is 0.312. The number of esters is 1. The Balaban J connectivity index is 1.73. The Morgan fingerprint density at radius 2 is 1.66 bits per heavy atom. The number of benzene rings is 3. The van der Waals surface area contributed by atoms with Gasteiger partial charge < -0.3 is 9.57 Å². The van der Waals surface area contributed by atoms with E-state index in [0.29, 0.717) is 11.4 Å². The van der Waals surface area contributed by atoms with E-state index < -0.39 is 12.2 Å². The number of rotatable bonds is 4. The predicted molar refractivity (Wildman–Crippen MR) is 108 cm³/mol. The number of halogens is 1. The summed E-state index contributed by atoms with van der Waals surface area (Å²) in [5.41, 5.74) is 4.03. The van der Waals surface area contributed by atoms with Crippen LogP contribution in [0, 0.1) is 12.7 Å². The highest BCUT2D eigenvalue weighted by Gasteiger charge is 2.33. The maximum atomic E-state index is 13.4. The number of oxime groups is 1. The monoisotopic (exact) mass is 390 g/mol. The van der Waals surface area contributed by atoms with E-state index in [1.54, 1.807) is 36.4 Å². The van der Waals surface area contributed by atoms with Gasteiger partial charge in [0, 0.05) is 16.8 Å². The Hall–Kier alpha value is -3.67. The second kappa shape index (κ2) is 7.75. The number of methoxy groups -OCH3 is 1. The molecule has 146 valence electrons. The molecule has 0 radical (unpaired) electrons. The SMILES string of the molecule is COC(=O)c1ccc(C2=NOC(c3ccc(F)cc3)N2c2ccc(C)cc2)cc1. The van der Waals surface area contributed by atoms with Crippen molar-refractivity contribution in [2.24, 2.45) is 5.16 Å². The lowest BCUT2D eigenvalue weighted by Gasteiger charge is -2.26. The molecule has 0 saturated heterocycles. The molecule has 5 nitrogen and oxygen atoms in total. The van der Waals surface area contributed by atoms with Gasteiger partial charge in [0.2, 0.25) is 6.23 Å². The molecule has 1 aliphatic heterocycles. The molecule has 0 saturated carbocycles. The molecule has 0 aliphatic carbocycles. The third kappa shape index (κ3) is 3.69. The summed E-state index contributed by atoms with van der Waals surface area (Å²) in [6.07, 6.45) is -0.534. The summed E-state index contributed by atoms with van der Waals surface area (Å²) in [5, 5.41) is 4.29. The third-order valence-electron chi connectivity index (χ3n) is 4.73. The predicted octanol–water partition coefficient (Wildman–Crippen LogP) is 4.82. The van der Waals surface area contributed by atoms with Crippen LogP contribution in [0.25, 0.3) is 0 Å². The van der Waals surface area contributed by atoms with E-state index in [9.17, 15) is 9.18 Å². The molecule has 4 rings (SSSR count). The van der Waals surface area contributed by atoms with Gasteiger partial charge in [-0.1, -0.05) is 47.1 Å². The van der Waals surface area contributed by atoms with Crippen molar-refractivity contribution >= 4 is 17.5 Å². The Morgan fingerprint density at radius 3 is 2.28 bits per heavy atom. The van der Waals surface area contributed by atoms with Crippen molar-refractivity contribution in [3.8, 4) is 0 Å². The molecule has 1 unspecified atom stereocenters. The third-order valence-corrected chi connectivity index (χ3v) is 4.73. The molecule has 0 bridgehead atoms. The fourth-order valence-electron chi connectivity index (χ4n) is 3.17. The number of carbonyl (C=O) groups excluding carboxylic acids is 1. The van der Waals surface area contributed by atoms with E-state index in [0.717, 1.165) is 22.4 Å². The van der Waals surface area contributed by atoms with Crippen LogP contribution in [0.15, 0.2) is 78.0 Å². The van der Waals surface area contributed by atoms with Gasteiger partial charge in [-0.05, 0) is 43.3 Å². The van der Waals surface area contributed by atoms with Gasteiger partial charge in [-0.25, -0.2) is 9.18 Å². The van der Waals surface area contributed by atoms with Crippen molar-refractivity contribution in [1.82, 2.24) is 0 Å². The van der Waals surface area contributed by atoms with E-state index in [-0.39, 0.29) is 5.82 Å². The van der Waals surface area contributed by atoms with Crippen LogP contribution < -0.4 is 4.90 Å². The zero-order valence-corrected chi connectivity index (χ0v) is 16.0. The maximum Gasteiger partial charge on any atom is 0.337 e. The van der Waals surface area contributed by atoms with E-state index in [4.69, 9.17) is 9.57 Å². The zero-order chi connectivity index (χ0) is 20.4. The molecule has 0 fully saturated rings. The Bertz CT molecular complexity index is 1040. The van der Waals surface area contributed by atoms with E-state index in [1.807, 2.05) is 36.1 Å². The highest BCUT2D eigenvalue weighted by Crippen LogP contribution is 2.35. The summed E-state index contributed by atoms with van der Waals surface area (Å²) in [7, 11) is 1.34. The van der Waals surface area contributed by atoms with Crippen LogP contribution in [0.1, 0.15) is 33.3 Å². The molecular weight excluding hydrogens is 371 g/mol. The van der Waals surface area contributed by atoms with E-state index in [2.05, 4.69) is 5.16 Å². The molecule has 3 aromatic carbocycles. The van der Waals surface area contributed by atoms with Crippen molar-refractivity contribution in [2.75, 3.05) is 12.0 Å². The average molecular weight is 390 g/mol. The van der Waals surface area contributed by atoms with Gasteiger partial charge in [0.25, 0.3) is 0 Å². The van der Waals surface area contributed by atoms with Crippen LogP contribution in [-0.4, -0.2) is 18.9 Å². The van der Waals surface area contributed by atoms with Crippen LogP contribution >= 0.6 is 0 Å². The topological polar surface area (TPSA) is 51.1 Å². The number of nitrogens with zero attached hydrogens (tertiary/aromatic N) is 2. The average Bonchev–Trinajstić information content (AvgIpc) is 3.19. The largest absolute Gasteiger partial charge is 0.465 e. The van der Waals surface area contributed by atoms with Gasteiger partial charge in [0.15, 0.2) is 5.84 Å². The minimum atomic E-state index is -0.534. The Morgan fingerprint density at radius 1 is 1.00 bits per heavy atom. The summed E-state index contributed by atoms with van der Waals surface area (Å²) in [6.45, 7) is 2.02. The smallest absolute Gasteiger partial charge is 0.337 e. The first kappa shape index (κ1) is 18.7. The fourth-order valence-corrected chi connectivity index (χ4v) is 3.17.